The first-order valence-electron chi connectivity index (χ1n) is 10.1. The van der Waals surface area contributed by atoms with Crippen LogP contribution in [0.4, 0.5) is 0 Å². The Morgan fingerprint density at radius 1 is 1.17 bits per heavy atom. The van der Waals surface area contributed by atoms with Gasteiger partial charge in [0, 0.05) is 25.0 Å². The van der Waals surface area contributed by atoms with Crippen molar-refractivity contribution in [2.45, 2.75) is 43.5 Å². The highest BCUT2D eigenvalue weighted by Gasteiger charge is 2.22. The Morgan fingerprint density at radius 3 is 2.77 bits per heavy atom. The summed E-state index contributed by atoms with van der Waals surface area (Å²) >= 11 is 1.36. The van der Waals surface area contributed by atoms with Crippen molar-refractivity contribution in [2.75, 3.05) is 12.4 Å². The number of primary amides is 1. The minimum atomic E-state index is -0.373. The Morgan fingerprint density at radius 2 is 2.00 bits per heavy atom. The molecule has 3 aromatic rings. The fourth-order valence-electron chi connectivity index (χ4n) is 3.60. The maximum atomic E-state index is 12.8. The molecule has 1 fully saturated rings. The van der Waals surface area contributed by atoms with Crippen molar-refractivity contribution in [3.05, 3.63) is 53.9 Å². The van der Waals surface area contributed by atoms with E-state index in [0.29, 0.717) is 29.5 Å². The average Bonchev–Trinajstić information content (AvgIpc) is 3.40. The van der Waals surface area contributed by atoms with E-state index in [2.05, 4.69) is 10.2 Å². The van der Waals surface area contributed by atoms with E-state index in [1.807, 2.05) is 47.0 Å². The van der Waals surface area contributed by atoms with Gasteiger partial charge in [-0.1, -0.05) is 48.2 Å². The lowest BCUT2D eigenvalue weighted by atomic mass is 10.1. The Bertz CT molecular complexity index is 1060. The van der Waals surface area contributed by atoms with Crippen LogP contribution < -0.4 is 5.73 Å². The van der Waals surface area contributed by atoms with E-state index >= 15 is 0 Å². The number of aryl methyl sites for hydroxylation is 1. The van der Waals surface area contributed by atoms with Crippen LogP contribution in [0.5, 0.6) is 0 Å². The summed E-state index contributed by atoms with van der Waals surface area (Å²) in [4.78, 5) is 24.0. The number of Topliss-reactive ketones (excluding diaryl/α,β-unsaturated/α-hetero) is 1. The lowest BCUT2D eigenvalue weighted by Crippen LogP contribution is -2.19. The summed E-state index contributed by atoms with van der Waals surface area (Å²) in [7, 11) is 0. The molecule has 30 heavy (non-hydrogen) atoms. The number of fused-ring (bicyclic) bond motifs is 1. The third-order valence-electron chi connectivity index (χ3n) is 5.20. The van der Waals surface area contributed by atoms with Crippen LogP contribution in [0.15, 0.2) is 47.6 Å². The summed E-state index contributed by atoms with van der Waals surface area (Å²) in [5, 5.41) is 11.3. The summed E-state index contributed by atoms with van der Waals surface area (Å²) in [6, 6.07) is 13.7. The van der Waals surface area contributed by atoms with E-state index < -0.39 is 0 Å². The summed E-state index contributed by atoms with van der Waals surface area (Å²) in [5.41, 5.74) is 5.97. The number of hydrogen-bond acceptors (Lipinski definition) is 6. The maximum Gasteiger partial charge on any atom is 0.217 e. The smallest absolute Gasteiger partial charge is 0.217 e. The highest BCUT2D eigenvalue weighted by molar-refractivity contribution is 7.99. The summed E-state index contributed by atoms with van der Waals surface area (Å²) < 4.78 is 7.72. The number of benzene rings is 2. The van der Waals surface area contributed by atoms with Crippen molar-refractivity contribution in [1.82, 2.24) is 14.8 Å². The molecule has 1 amide bonds. The van der Waals surface area contributed by atoms with E-state index in [0.717, 1.165) is 30.2 Å². The van der Waals surface area contributed by atoms with Crippen LogP contribution in [0.25, 0.3) is 10.8 Å². The molecule has 156 valence electrons. The highest BCUT2D eigenvalue weighted by Crippen LogP contribution is 2.24. The molecule has 0 saturated carbocycles. The molecule has 0 bridgehead atoms. The summed E-state index contributed by atoms with van der Waals surface area (Å²) in [6.07, 6.45) is 2.75. The van der Waals surface area contributed by atoms with Gasteiger partial charge in [-0.3, -0.25) is 9.59 Å². The molecule has 2 heterocycles. The van der Waals surface area contributed by atoms with Crippen LogP contribution in [0.3, 0.4) is 0 Å². The van der Waals surface area contributed by atoms with Crippen LogP contribution in [-0.2, 0) is 22.5 Å². The van der Waals surface area contributed by atoms with E-state index in [4.69, 9.17) is 10.5 Å². The number of nitrogens with zero attached hydrogens (tertiary/aromatic N) is 3. The SMILES string of the molecule is NC(=O)CCc1nnc(SCC(=O)c2ccc3ccccc3c2)n1CC1CCCO1. The second-order valence-corrected chi connectivity index (χ2v) is 8.33. The number of thioether (sulfide) groups is 1. The first-order valence-corrected chi connectivity index (χ1v) is 11.1. The fraction of sp³-hybridized carbons (Fsp3) is 0.364. The molecule has 1 saturated heterocycles. The topological polar surface area (TPSA) is 100 Å². The molecule has 1 aliphatic heterocycles. The van der Waals surface area contributed by atoms with Gasteiger partial charge < -0.3 is 15.0 Å². The van der Waals surface area contributed by atoms with Crippen molar-refractivity contribution < 1.29 is 14.3 Å². The van der Waals surface area contributed by atoms with Gasteiger partial charge in [0.25, 0.3) is 0 Å². The molecule has 1 unspecified atom stereocenters. The number of nitrogens with two attached hydrogens (primary N) is 1. The molecule has 2 aromatic carbocycles. The molecule has 7 nitrogen and oxygen atoms in total. The molecule has 0 radical (unpaired) electrons. The van der Waals surface area contributed by atoms with Gasteiger partial charge in [0.2, 0.25) is 5.91 Å². The monoisotopic (exact) mass is 424 g/mol. The predicted molar refractivity (Wildman–Crippen MR) is 116 cm³/mol. The molecule has 2 N–H and O–H groups in total. The van der Waals surface area contributed by atoms with Crippen molar-refractivity contribution in [1.29, 1.82) is 0 Å². The van der Waals surface area contributed by atoms with Crippen molar-refractivity contribution in [3.63, 3.8) is 0 Å². The molecular weight excluding hydrogens is 400 g/mol. The van der Waals surface area contributed by atoms with Gasteiger partial charge in [-0.15, -0.1) is 10.2 Å². The minimum Gasteiger partial charge on any atom is -0.376 e. The zero-order chi connectivity index (χ0) is 20.9. The maximum absolute atomic E-state index is 12.8. The third kappa shape index (κ3) is 4.88. The number of ether oxygens (including phenoxy) is 1. The molecule has 8 heteroatoms. The fourth-order valence-corrected chi connectivity index (χ4v) is 4.46. The van der Waals surface area contributed by atoms with Crippen LogP contribution in [-0.4, -0.2) is 44.9 Å². The van der Waals surface area contributed by atoms with Gasteiger partial charge in [0.15, 0.2) is 10.9 Å². The highest BCUT2D eigenvalue weighted by atomic mass is 32.2. The van der Waals surface area contributed by atoms with Crippen LogP contribution in [0, 0.1) is 0 Å². The Kier molecular flexibility index (Phi) is 6.44. The average molecular weight is 425 g/mol. The normalized spacial score (nSPS) is 16.2. The van der Waals surface area contributed by atoms with Gasteiger partial charge in [0.05, 0.1) is 18.4 Å². The first kappa shape index (κ1) is 20.6. The number of carbonyl (C=O) groups excluding carboxylic acids is 2. The van der Waals surface area contributed by atoms with Crippen LogP contribution in [0.1, 0.15) is 35.4 Å². The molecular formula is C22H24N4O3S. The molecule has 1 aliphatic rings. The molecule has 1 atom stereocenters. The largest absolute Gasteiger partial charge is 0.376 e. The second kappa shape index (κ2) is 9.40. The second-order valence-electron chi connectivity index (χ2n) is 7.38. The zero-order valence-corrected chi connectivity index (χ0v) is 17.4. The minimum absolute atomic E-state index is 0.0381. The van der Waals surface area contributed by atoms with E-state index in [-0.39, 0.29) is 30.0 Å². The van der Waals surface area contributed by atoms with E-state index in [1.165, 1.54) is 11.8 Å². The van der Waals surface area contributed by atoms with Crippen molar-refractivity contribution in [2.24, 2.45) is 5.73 Å². The van der Waals surface area contributed by atoms with Crippen LogP contribution in [0.2, 0.25) is 0 Å². The van der Waals surface area contributed by atoms with Gasteiger partial charge in [-0.2, -0.15) is 0 Å². The number of hydrogen-bond donors (Lipinski definition) is 1. The quantitative estimate of drug-likeness (QED) is 0.419. The Balaban J connectivity index is 1.48. The number of carbonyl (C=O) groups is 2. The number of rotatable bonds is 9. The number of ketones is 1. The zero-order valence-electron chi connectivity index (χ0n) is 16.6. The number of aromatic nitrogens is 3. The Labute approximate surface area is 179 Å². The van der Waals surface area contributed by atoms with Gasteiger partial charge in [-0.05, 0) is 29.7 Å². The first-order chi connectivity index (χ1) is 14.6. The van der Waals surface area contributed by atoms with Crippen molar-refractivity contribution in [3.8, 4) is 0 Å². The predicted octanol–water partition coefficient (Wildman–Crippen LogP) is 3.00. The summed E-state index contributed by atoms with van der Waals surface area (Å²) in [5.74, 6) is 0.626. The third-order valence-corrected chi connectivity index (χ3v) is 6.17. The lowest BCUT2D eigenvalue weighted by molar-refractivity contribution is -0.118. The van der Waals surface area contributed by atoms with Gasteiger partial charge in [0.1, 0.15) is 5.82 Å². The van der Waals surface area contributed by atoms with Crippen molar-refractivity contribution >= 4 is 34.2 Å². The number of amides is 1. The van der Waals surface area contributed by atoms with E-state index in [1.54, 1.807) is 0 Å². The van der Waals surface area contributed by atoms with Gasteiger partial charge >= 0.3 is 0 Å². The van der Waals surface area contributed by atoms with Crippen LogP contribution >= 0.6 is 11.8 Å². The summed E-state index contributed by atoms with van der Waals surface area (Å²) in [6.45, 7) is 1.37. The standard InChI is InChI=1S/C22H24N4O3S/c23-20(28)9-10-21-24-25-22(26(21)13-18-6-3-11-29-18)30-14-19(27)17-8-7-15-4-1-2-5-16(15)12-17/h1-2,4-5,7-8,12,18H,3,6,9-11,13-14H2,(H2,23,28). The van der Waals surface area contributed by atoms with Gasteiger partial charge in [-0.25, -0.2) is 0 Å². The lowest BCUT2D eigenvalue weighted by Gasteiger charge is -2.14. The molecule has 1 aromatic heterocycles. The molecule has 0 spiro atoms. The molecule has 0 aliphatic carbocycles. The molecule has 4 rings (SSSR count). The Hall–Kier alpha value is -2.71. The van der Waals surface area contributed by atoms with E-state index in [9.17, 15) is 9.59 Å².